The molecule has 1 amide bonds. The first-order chi connectivity index (χ1) is 14.2. The van der Waals surface area contributed by atoms with Crippen molar-refractivity contribution < 1.29 is 23.9 Å². The number of fused-ring (bicyclic) bond motifs is 1. The molecule has 30 heavy (non-hydrogen) atoms. The highest BCUT2D eigenvalue weighted by Gasteiger charge is 2.30. The number of amides is 1. The Morgan fingerprint density at radius 1 is 1.37 bits per heavy atom. The van der Waals surface area contributed by atoms with Crippen molar-refractivity contribution >= 4 is 34.2 Å². The van der Waals surface area contributed by atoms with Crippen LogP contribution in [-0.2, 0) is 34.2 Å². The van der Waals surface area contributed by atoms with Gasteiger partial charge < -0.3 is 14.8 Å². The van der Waals surface area contributed by atoms with Crippen LogP contribution in [0.15, 0.2) is 6.20 Å². The van der Waals surface area contributed by atoms with E-state index in [4.69, 9.17) is 9.47 Å². The summed E-state index contributed by atoms with van der Waals surface area (Å²) in [6.07, 6.45) is 3.01. The van der Waals surface area contributed by atoms with Gasteiger partial charge in [0.1, 0.15) is 10.6 Å². The number of aryl methyl sites for hydroxylation is 1. The Hall–Kier alpha value is -2.68. The highest BCUT2D eigenvalue weighted by atomic mass is 32.1. The number of carbonyl (C=O) groups excluding carboxylic acids is 3. The van der Waals surface area contributed by atoms with E-state index in [1.54, 1.807) is 25.6 Å². The molecule has 0 fully saturated rings. The van der Waals surface area contributed by atoms with E-state index >= 15 is 0 Å². The van der Waals surface area contributed by atoms with Crippen molar-refractivity contribution in [1.82, 2.24) is 9.78 Å². The molecule has 8 nitrogen and oxygen atoms in total. The monoisotopic (exact) mass is 433 g/mol. The molecular weight excluding hydrogens is 406 g/mol. The minimum absolute atomic E-state index is 0.256. The number of thiophene rings is 1. The van der Waals surface area contributed by atoms with E-state index < -0.39 is 23.9 Å². The molecule has 2 aromatic rings. The van der Waals surface area contributed by atoms with E-state index in [1.165, 1.54) is 24.5 Å². The van der Waals surface area contributed by atoms with Crippen LogP contribution >= 0.6 is 11.3 Å². The fourth-order valence-corrected chi connectivity index (χ4v) is 4.85. The largest absolute Gasteiger partial charge is 0.462 e. The van der Waals surface area contributed by atoms with E-state index in [2.05, 4.69) is 17.3 Å². The van der Waals surface area contributed by atoms with Crippen LogP contribution in [0.5, 0.6) is 0 Å². The zero-order valence-electron chi connectivity index (χ0n) is 17.9. The standard InChI is InChI=1S/C21H27N3O5S/c1-6-28-21(27)17-14-8-7-11(2)9-16(14)30-19(17)23-18(25)13(4)29-20(26)15-10-22-24(5)12(15)3/h10-11,13H,6-9H2,1-5H3,(H,23,25)/t11-,13+/m1/s1. The lowest BCUT2D eigenvalue weighted by Crippen LogP contribution is -2.30. The number of rotatable bonds is 6. The van der Waals surface area contributed by atoms with Gasteiger partial charge in [0, 0.05) is 17.6 Å². The van der Waals surface area contributed by atoms with Gasteiger partial charge >= 0.3 is 11.9 Å². The lowest BCUT2D eigenvalue weighted by atomic mass is 9.88. The number of anilines is 1. The number of aromatic nitrogens is 2. The van der Waals surface area contributed by atoms with E-state index in [0.717, 1.165) is 29.7 Å². The molecule has 1 aliphatic rings. The number of nitrogens with zero attached hydrogens (tertiary/aromatic N) is 2. The van der Waals surface area contributed by atoms with E-state index in [9.17, 15) is 14.4 Å². The quantitative estimate of drug-likeness (QED) is 0.702. The minimum atomic E-state index is -1.04. The zero-order valence-corrected chi connectivity index (χ0v) is 18.7. The predicted molar refractivity (Wildman–Crippen MR) is 113 cm³/mol. The van der Waals surface area contributed by atoms with Crippen LogP contribution in [0.4, 0.5) is 5.00 Å². The van der Waals surface area contributed by atoms with Gasteiger partial charge in [0.05, 0.1) is 18.4 Å². The Morgan fingerprint density at radius 2 is 2.10 bits per heavy atom. The second-order valence-electron chi connectivity index (χ2n) is 7.58. The van der Waals surface area contributed by atoms with Crippen LogP contribution in [0.3, 0.4) is 0 Å². The summed E-state index contributed by atoms with van der Waals surface area (Å²) in [6.45, 7) is 7.42. The SMILES string of the molecule is CCOC(=O)c1c(NC(=O)[C@H](C)OC(=O)c2cnn(C)c2C)sc2c1CC[C@@H](C)C2. The maximum absolute atomic E-state index is 12.7. The lowest BCUT2D eigenvalue weighted by molar-refractivity contribution is -0.123. The zero-order chi connectivity index (χ0) is 22.0. The molecule has 3 rings (SSSR count). The third-order valence-corrected chi connectivity index (χ3v) is 6.51. The molecular formula is C21H27N3O5S. The van der Waals surface area contributed by atoms with Crippen molar-refractivity contribution in [2.75, 3.05) is 11.9 Å². The Kier molecular flexibility index (Phi) is 6.60. The van der Waals surface area contributed by atoms with Crippen molar-refractivity contribution in [3.63, 3.8) is 0 Å². The van der Waals surface area contributed by atoms with Crippen LogP contribution < -0.4 is 5.32 Å². The van der Waals surface area contributed by atoms with Crippen molar-refractivity contribution in [3.8, 4) is 0 Å². The second-order valence-corrected chi connectivity index (χ2v) is 8.69. The third-order valence-electron chi connectivity index (χ3n) is 5.34. The van der Waals surface area contributed by atoms with Crippen LogP contribution in [0.1, 0.15) is 64.0 Å². The lowest BCUT2D eigenvalue weighted by Gasteiger charge is -2.18. The smallest absolute Gasteiger partial charge is 0.342 e. The molecule has 2 atom stereocenters. The molecule has 0 saturated carbocycles. The fourth-order valence-electron chi connectivity index (χ4n) is 3.45. The summed E-state index contributed by atoms with van der Waals surface area (Å²) in [6, 6.07) is 0. The normalized spacial score (nSPS) is 16.5. The fraction of sp³-hybridized carbons (Fsp3) is 0.524. The molecule has 0 bridgehead atoms. The van der Waals surface area contributed by atoms with Crippen LogP contribution in [0.2, 0.25) is 0 Å². The molecule has 0 radical (unpaired) electrons. The van der Waals surface area contributed by atoms with Gasteiger partial charge in [0.15, 0.2) is 6.10 Å². The van der Waals surface area contributed by atoms with Gasteiger partial charge in [-0.15, -0.1) is 11.3 Å². The molecule has 162 valence electrons. The summed E-state index contributed by atoms with van der Waals surface area (Å²) in [7, 11) is 1.72. The number of esters is 2. The molecule has 0 unspecified atom stereocenters. The van der Waals surface area contributed by atoms with Crippen molar-refractivity contribution in [2.24, 2.45) is 13.0 Å². The van der Waals surface area contributed by atoms with Gasteiger partial charge in [-0.05, 0) is 51.5 Å². The molecule has 0 spiro atoms. The molecule has 2 heterocycles. The van der Waals surface area contributed by atoms with Gasteiger partial charge in [-0.25, -0.2) is 9.59 Å². The number of hydrogen-bond acceptors (Lipinski definition) is 7. The highest BCUT2D eigenvalue weighted by molar-refractivity contribution is 7.17. The Balaban J connectivity index is 1.77. The van der Waals surface area contributed by atoms with Crippen molar-refractivity contribution in [1.29, 1.82) is 0 Å². The molecule has 2 aromatic heterocycles. The average Bonchev–Trinajstić information content (AvgIpc) is 3.21. The maximum Gasteiger partial charge on any atom is 0.342 e. The van der Waals surface area contributed by atoms with Gasteiger partial charge in [-0.3, -0.25) is 9.48 Å². The Morgan fingerprint density at radius 3 is 2.73 bits per heavy atom. The number of nitrogens with one attached hydrogen (secondary N) is 1. The Labute approximate surface area is 179 Å². The summed E-state index contributed by atoms with van der Waals surface area (Å²) >= 11 is 1.40. The van der Waals surface area contributed by atoms with E-state index in [1.807, 2.05) is 0 Å². The average molecular weight is 434 g/mol. The predicted octanol–water partition coefficient (Wildman–Crippen LogP) is 3.28. The molecule has 0 saturated heterocycles. The first kappa shape index (κ1) is 22.0. The minimum Gasteiger partial charge on any atom is -0.462 e. The van der Waals surface area contributed by atoms with E-state index in [-0.39, 0.29) is 6.61 Å². The number of carbonyl (C=O) groups is 3. The number of hydrogen-bond donors (Lipinski definition) is 1. The van der Waals surface area contributed by atoms with Gasteiger partial charge in [0.2, 0.25) is 0 Å². The molecule has 0 aromatic carbocycles. The molecule has 0 aliphatic heterocycles. The third kappa shape index (κ3) is 4.40. The van der Waals surface area contributed by atoms with Crippen LogP contribution in [0, 0.1) is 12.8 Å². The summed E-state index contributed by atoms with van der Waals surface area (Å²) in [4.78, 5) is 38.8. The van der Waals surface area contributed by atoms with Crippen LogP contribution in [0.25, 0.3) is 0 Å². The molecule has 1 aliphatic carbocycles. The van der Waals surface area contributed by atoms with Gasteiger partial charge in [0.25, 0.3) is 5.91 Å². The number of ether oxygens (including phenoxy) is 2. The summed E-state index contributed by atoms with van der Waals surface area (Å²) in [5.41, 5.74) is 2.35. The summed E-state index contributed by atoms with van der Waals surface area (Å²) in [5, 5.41) is 7.25. The first-order valence-electron chi connectivity index (χ1n) is 10.0. The van der Waals surface area contributed by atoms with Crippen LogP contribution in [-0.4, -0.2) is 40.3 Å². The maximum atomic E-state index is 12.7. The second kappa shape index (κ2) is 8.99. The Bertz CT molecular complexity index is 978. The topological polar surface area (TPSA) is 99.5 Å². The summed E-state index contributed by atoms with van der Waals surface area (Å²) < 4.78 is 12.1. The van der Waals surface area contributed by atoms with E-state index in [0.29, 0.717) is 27.7 Å². The highest BCUT2D eigenvalue weighted by Crippen LogP contribution is 2.40. The van der Waals surface area contributed by atoms with Gasteiger partial charge in [-0.1, -0.05) is 6.92 Å². The summed E-state index contributed by atoms with van der Waals surface area (Å²) in [5.74, 6) is -1.02. The molecule has 9 heteroatoms. The van der Waals surface area contributed by atoms with Crippen molar-refractivity contribution in [2.45, 2.75) is 53.1 Å². The molecule has 1 N–H and O–H groups in total. The first-order valence-corrected chi connectivity index (χ1v) is 10.9. The van der Waals surface area contributed by atoms with Gasteiger partial charge in [-0.2, -0.15) is 5.10 Å². The van der Waals surface area contributed by atoms with Crippen molar-refractivity contribution in [3.05, 3.63) is 33.5 Å².